The van der Waals surface area contributed by atoms with Crippen molar-refractivity contribution in [1.29, 1.82) is 0 Å². The van der Waals surface area contributed by atoms with Crippen LogP contribution in [0.3, 0.4) is 0 Å². The smallest absolute Gasteiger partial charge is 0.237 e. The molecule has 8 heteroatoms. The molecule has 2 aliphatic rings. The SMILES string of the molecule is NC(=O)CN1CC2(CCC1=O)CCN(Cc1ccc(F)c(F)c1F)CC2. The van der Waals surface area contributed by atoms with Crippen LogP contribution in [-0.2, 0) is 16.1 Å². The summed E-state index contributed by atoms with van der Waals surface area (Å²) >= 11 is 0. The zero-order chi connectivity index (χ0) is 18.9. The maximum absolute atomic E-state index is 13.9. The minimum Gasteiger partial charge on any atom is -0.368 e. The van der Waals surface area contributed by atoms with Crippen molar-refractivity contribution in [3.63, 3.8) is 0 Å². The highest BCUT2D eigenvalue weighted by atomic mass is 19.2. The van der Waals surface area contributed by atoms with Gasteiger partial charge in [-0.3, -0.25) is 14.5 Å². The Morgan fingerprint density at radius 1 is 1.12 bits per heavy atom. The molecule has 1 aromatic rings. The van der Waals surface area contributed by atoms with Gasteiger partial charge in [-0.25, -0.2) is 13.2 Å². The number of piperidine rings is 2. The molecule has 142 valence electrons. The van der Waals surface area contributed by atoms with Gasteiger partial charge in [0, 0.05) is 25.1 Å². The highest BCUT2D eigenvalue weighted by molar-refractivity contribution is 5.84. The summed E-state index contributed by atoms with van der Waals surface area (Å²) in [6.45, 7) is 1.98. The Kier molecular flexibility index (Phi) is 5.22. The van der Waals surface area contributed by atoms with E-state index in [-0.39, 0.29) is 30.0 Å². The molecule has 3 rings (SSSR count). The minimum absolute atomic E-state index is 0.0549. The van der Waals surface area contributed by atoms with Gasteiger partial charge >= 0.3 is 0 Å². The zero-order valence-electron chi connectivity index (χ0n) is 14.4. The number of hydrogen-bond donors (Lipinski definition) is 1. The van der Waals surface area contributed by atoms with Crippen molar-refractivity contribution in [2.75, 3.05) is 26.2 Å². The Balaban J connectivity index is 1.61. The molecular formula is C18H22F3N3O2. The molecule has 2 fully saturated rings. The van der Waals surface area contributed by atoms with Gasteiger partial charge in [-0.05, 0) is 43.8 Å². The standard InChI is InChI=1S/C18H22F3N3O2/c19-13-2-1-12(16(20)17(13)21)9-23-7-5-18(6-8-23)4-3-15(26)24(11-18)10-14(22)25/h1-2H,3-11H2,(H2,22,25). The van der Waals surface area contributed by atoms with Crippen molar-refractivity contribution >= 4 is 11.8 Å². The second-order valence-electron chi connectivity index (χ2n) is 7.33. The van der Waals surface area contributed by atoms with Gasteiger partial charge in [0.1, 0.15) is 0 Å². The minimum atomic E-state index is -1.44. The number of carbonyl (C=O) groups is 2. The monoisotopic (exact) mass is 369 g/mol. The first-order valence-corrected chi connectivity index (χ1v) is 8.70. The van der Waals surface area contributed by atoms with E-state index in [1.54, 1.807) is 0 Å². The van der Waals surface area contributed by atoms with E-state index in [0.29, 0.717) is 26.1 Å². The summed E-state index contributed by atoms with van der Waals surface area (Å²) in [6, 6.07) is 2.21. The van der Waals surface area contributed by atoms with E-state index >= 15 is 0 Å². The second-order valence-corrected chi connectivity index (χ2v) is 7.33. The average molecular weight is 369 g/mol. The van der Waals surface area contributed by atoms with Gasteiger partial charge in [0.25, 0.3) is 0 Å². The summed E-state index contributed by atoms with van der Waals surface area (Å²) in [5.41, 5.74) is 5.28. The number of halogens is 3. The Morgan fingerprint density at radius 2 is 1.81 bits per heavy atom. The van der Waals surface area contributed by atoms with Crippen molar-refractivity contribution in [2.24, 2.45) is 11.1 Å². The van der Waals surface area contributed by atoms with Crippen LogP contribution in [-0.4, -0.2) is 47.8 Å². The molecule has 0 unspecified atom stereocenters. The zero-order valence-corrected chi connectivity index (χ0v) is 14.4. The van der Waals surface area contributed by atoms with Crippen molar-refractivity contribution in [3.8, 4) is 0 Å². The lowest BCUT2D eigenvalue weighted by Crippen LogP contribution is -2.53. The van der Waals surface area contributed by atoms with E-state index < -0.39 is 23.4 Å². The van der Waals surface area contributed by atoms with Crippen molar-refractivity contribution in [1.82, 2.24) is 9.80 Å². The van der Waals surface area contributed by atoms with E-state index in [1.807, 2.05) is 4.90 Å². The van der Waals surface area contributed by atoms with Crippen LogP contribution in [0.15, 0.2) is 12.1 Å². The van der Waals surface area contributed by atoms with E-state index in [0.717, 1.165) is 25.3 Å². The Bertz CT molecular complexity index is 718. The van der Waals surface area contributed by atoms with Crippen LogP contribution < -0.4 is 5.73 Å². The van der Waals surface area contributed by atoms with Crippen molar-refractivity contribution in [3.05, 3.63) is 35.1 Å². The Morgan fingerprint density at radius 3 is 2.46 bits per heavy atom. The molecule has 2 amide bonds. The fourth-order valence-corrected chi connectivity index (χ4v) is 3.96. The fraction of sp³-hybridized carbons (Fsp3) is 0.556. The fourth-order valence-electron chi connectivity index (χ4n) is 3.96. The van der Waals surface area contributed by atoms with Crippen LogP contribution in [0.5, 0.6) is 0 Å². The number of nitrogens with two attached hydrogens (primary N) is 1. The van der Waals surface area contributed by atoms with Crippen LogP contribution in [0.2, 0.25) is 0 Å². The first-order chi connectivity index (χ1) is 12.3. The lowest BCUT2D eigenvalue weighted by Gasteiger charge is -2.47. The maximum atomic E-state index is 13.9. The lowest BCUT2D eigenvalue weighted by molar-refractivity contribution is -0.142. The van der Waals surface area contributed by atoms with Gasteiger partial charge in [-0.2, -0.15) is 0 Å². The predicted octanol–water partition coefficient (Wildman–Crippen LogP) is 1.79. The molecule has 0 atom stereocenters. The normalized spacial score (nSPS) is 20.6. The number of amides is 2. The number of primary amides is 1. The largest absolute Gasteiger partial charge is 0.368 e. The highest BCUT2D eigenvalue weighted by Gasteiger charge is 2.41. The number of likely N-dealkylation sites (tertiary alicyclic amines) is 2. The Hall–Kier alpha value is -2.09. The van der Waals surface area contributed by atoms with Crippen LogP contribution in [0.25, 0.3) is 0 Å². The molecule has 26 heavy (non-hydrogen) atoms. The quantitative estimate of drug-likeness (QED) is 0.823. The first kappa shape index (κ1) is 18.7. The molecule has 0 bridgehead atoms. The molecule has 5 nitrogen and oxygen atoms in total. The summed E-state index contributed by atoms with van der Waals surface area (Å²) in [4.78, 5) is 26.6. The number of benzene rings is 1. The van der Waals surface area contributed by atoms with Gasteiger partial charge in [0.2, 0.25) is 11.8 Å². The van der Waals surface area contributed by atoms with Gasteiger partial charge in [-0.15, -0.1) is 0 Å². The number of hydrogen-bond acceptors (Lipinski definition) is 3. The molecule has 2 N–H and O–H groups in total. The molecule has 2 saturated heterocycles. The van der Waals surface area contributed by atoms with Crippen LogP contribution >= 0.6 is 0 Å². The van der Waals surface area contributed by atoms with Gasteiger partial charge < -0.3 is 10.6 Å². The average Bonchev–Trinajstić information content (AvgIpc) is 2.60. The number of nitrogens with zero attached hydrogens (tertiary/aromatic N) is 2. The summed E-state index contributed by atoms with van der Waals surface area (Å²) in [7, 11) is 0. The molecule has 0 aliphatic carbocycles. The molecule has 2 heterocycles. The Labute approximate surface area is 149 Å². The van der Waals surface area contributed by atoms with E-state index in [1.165, 1.54) is 11.0 Å². The lowest BCUT2D eigenvalue weighted by atomic mass is 9.72. The van der Waals surface area contributed by atoms with Crippen LogP contribution in [0.1, 0.15) is 31.2 Å². The first-order valence-electron chi connectivity index (χ1n) is 8.70. The summed E-state index contributed by atoms with van der Waals surface area (Å²) in [5.74, 6) is -4.35. The third-order valence-corrected chi connectivity index (χ3v) is 5.52. The molecule has 0 radical (unpaired) electrons. The van der Waals surface area contributed by atoms with Gasteiger partial charge in [0.05, 0.1) is 6.54 Å². The molecule has 1 aromatic carbocycles. The summed E-state index contributed by atoms with van der Waals surface area (Å²) < 4.78 is 40.3. The third-order valence-electron chi connectivity index (χ3n) is 5.52. The summed E-state index contributed by atoms with van der Waals surface area (Å²) in [5, 5.41) is 0. The molecular weight excluding hydrogens is 347 g/mol. The topological polar surface area (TPSA) is 66.6 Å². The van der Waals surface area contributed by atoms with E-state index in [4.69, 9.17) is 5.73 Å². The third kappa shape index (κ3) is 3.85. The highest BCUT2D eigenvalue weighted by Crippen LogP contribution is 2.40. The molecule has 1 spiro atoms. The van der Waals surface area contributed by atoms with Crippen LogP contribution in [0, 0.1) is 22.9 Å². The summed E-state index contributed by atoms with van der Waals surface area (Å²) in [6.07, 6.45) is 2.74. The molecule has 0 aromatic heterocycles. The van der Waals surface area contributed by atoms with Gasteiger partial charge in [-0.1, -0.05) is 6.07 Å². The van der Waals surface area contributed by atoms with Crippen molar-refractivity contribution in [2.45, 2.75) is 32.2 Å². The van der Waals surface area contributed by atoms with E-state index in [2.05, 4.69) is 0 Å². The van der Waals surface area contributed by atoms with Crippen molar-refractivity contribution < 1.29 is 22.8 Å². The van der Waals surface area contributed by atoms with Crippen LogP contribution in [0.4, 0.5) is 13.2 Å². The number of carbonyl (C=O) groups excluding carboxylic acids is 2. The predicted molar refractivity (Wildman–Crippen MR) is 88.3 cm³/mol. The maximum Gasteiger partial charge on any atom is 0.237 e. The molecule has 0 saturated carbocycles. The van der Waals surface area contributed by atoms with Gasteiger partial charge in [0.15, 0.2) is 17.5 Å². The second kappa shape index (κ2) is 7.26. The van der Waals surface area contributed by atoms with E-state index in [9.17, 15) is 22.8 Å². The number of rotatable bonds is 4. The molecule has 2 aliphatic heterocycles.